The molecule has 0 aliphatic carbocycles. The SMILES string of the molecule is CCCC(CNC(=O)c1ccc(OC)cc1OCC(C)C)C(=O)O. The smallest absolute Gasteiger partial charge is 0.308 e. The van der Waals surface area contributed by atoms with E-state index in [1.807, 2.05) is 20.8 Å². The Hall–Kier alpha value is -2.24. The van der Waals surface area contributed by atoms with Crippen LogP contribution in [0.15, 0.2) is 18.2 Å². The van der Waals surface area contributed by atoms with Crippen molar-refractivity contribution in [1.29, 1.82) is 0 Å². The number of aliphatic carboxylic acids is 1. The van der Waals surface area contributed by atoms with E-state index in [1.165, 1.54) is 0 Å². The van der Waals surface area contributed by atoms with Crippen LogP contribution in [0.1, 0.15) is 44.0 Å². The van der Waals surface area contributed by atoms with Crippen LogP contribution in [0.3, 0.4) is 0 Å². The van der Waals surface area contributed by atoms with Crippen molar-refractivity contribution in [3.05, 3.63) is 23.8 Å². The van der Waals surface area contributed by atoms with Gasteiger partial charge in [0.2, 0.25) is 0 Å². The summed E-state index contributed by atoms with van der Waals surface area (Å²) in [5.41, 5.74) is 0.372. The van der Waals surface area contributed by atoms with E-state index in [0.717, 1.165) is 6.42 Å². The lowest BCUT2D eigenvalue weighted by Crippen LogP contribution is -2.33. The van der Waals surface area contributed by atoms with Crippen LogP contribution in [-0.4, -0.2) is 37.2 Å². The van der Waals surface area contributed by atoms with Gasteiger partial charge in [-0.3, -0.25) is 9.59 Å². The fourth-order valence-corrected chi connectivity index (χ4v) is 2.17. The number of nitrogens with one attached hydrogen (secondary N) is 1. The van der Waals surface area contributed by atoms with E-state index >= 15 is 0 Å². The first-order valence-corrected chi connectivity index (χ1v) is 8.20. The van der Waals surface area contributed by atoms with Crippen LogP contribution in [0.2, 0.25) is 0 Å². The molecule has 1 rings (SSSR count). The van der Waals surface area contributed by atoms with E-state index in [9.17, 15) is 9.59 Å². The summed E-state index contributed by atoms with van der Waals surface area (Å²) >= 11 is 0. The molecular formula is C18H27NO5. The number of benzene rings is 1. The molecule has 0 radical (unpaired) electrons. The number of carboxylic acid groups (broad SMARTS) is 1. The van der Waals surface area contributed by atoms with Gasteiger partial charge in [0.05, 0.1) is 25.2 Å². The number of carbonyl (C=O) groups is 2. The Morgan fingerprint density at radius 1 is 1.29 bits per heavy atom. The summed E-state index contributed by atoms with van der Waals surface area (Å²) in [7, 11) is 1.55. The van der Waals surface area contributed by atoms with Crippen molar-refractivity contribution in [2.24, 2.45) is 11.8 Å². The van der Waals surface area contributed by atoms with Crippen molar-refractivity contribution in [3.8, 4) is 11.5 Å². The molecule has 1 aromatic carbocycles. The van der Waals surface area contributed by atoms with Gasteiger partial charge < -0.3 is 19.9 Å². The number of rotatable bonds is 10. The highest BCUT2D eigenvalue weighted by Gasteiger charge is 2.20. The van der Waals surface area contributed by atoms with Crippen molar-refractivity contribution in [3.63, 3.8) is 0 Å². The van der Waals surface area contributed by atoms with Gasteiger partial charge in [0.15, 0.2) is 0 Å². The summed E-state index contributed by atoms with van der Waals surface area (Å²) in [6, 6.07) is 4.97. The van der Waals surface area contributed by atoms with Crippen molar-refractivity contribution in [2.75, 3.05) is 20.3 Å². The Balaban J connectivity index is 2.86. The lowest BCUT2D eigenvalue weighted by Gasteiger charge is -2.16. The number of amides is 1. The lowest BCUT2D eigenvalue weighted by atomic mass is 10.0. The van der Waals surface area contributed by atoms with E-state index in [0.29, 0.717) is 36.0 Å². The van der Waals surface area contributed by atoms with Crippen molar-refractivity contribution in [1.82, 2.24) is 5.32 Å². The van der Waals surface area contributed by atoms with E-state index in [2.05, 4.69) is 5.32 Å². The molecule has 0 bridgehead atoms. The fraction of sp³-hybridized carbons (Fsp3) is 0.556. The second-order valence-corrected chi connectivity index (χ2v) is 6.10. The van der Waals surface area contributed by atoms with Gasteiger partial charge in [0, 0.05) is 12.6 Å². The van der Waals surface area contributed by atoms with E-state index in [-0.39, 0.29) is 12.5 Å². The summed E-state index contributed by atoms with van der Waals surface area (Å²) in [4.78, 5) is 23.6. The highest BCUT2D eigenvalue weighted by molar-refractivity contribution is 5.97. The molecule has 0 aliphatic rings. The zero-order valence-corrected chi connectivity index (χ0v) is 14.8. The molecule has 24 heavy (non-hydrogen) atoms. The van der Waals surface area contributed by atoms with Crippen LogP contribution in [0, 0.1) is 11.8 Å². The Kier molecular flexibility index (Phi) is 8.09. The fourth-order valence-electron chi connectivity index (χ4n) is 2.17. The first kappa shape index (κ1) is 19.8. The maximum Gasteiger partial charge on any atom is 0.308 e. The van der Waals surface area contributed by atoms with Crippen LogP contribution in [0.5, 0.6) is 11.5 Å². The van der Waals surface area contributed by atoms with Gasteiger partial charge in [-0.1, -0.05) is 27.2 Å². The topological polar surface area (TPSA) is 84.9 Å². The van der Waals surface area contributed by atoms with Gasteiger partial charge in [-0.05, 0) is 24.5 Å². The standard InChI is InChI=1S/C18H27NO5/c1-5-6-13(18(21)22)10-19-17(20)15-8-7-14(23-4)9-16(15)24-11-12(2)3/h7-9,12-13H,5-6,10-11H2,1-4H3,(H,19,20)(H,21,22). The Bertz CT molecular complexity index is 556. The summed E-state index contributed by atoms with van der Waals surface area (Å²) in [6.07, 6.45) is 1.27. The largest absolute Gasteiger partial charge is 0.497 e. The van der Waals surface area contributed by atoms with Gasteiger partial charge in [-0.2, -0.15) is 0 Å². The molecule has 0 saturated heterocycles. The molecule has 2 N–H and O–H groups in total. The summed E-state index contributed by atoms with van der Waals surface area (Å²) in [5, 5.41) is 11.9. The second-order valence-electron chi connectivity index (χ2n) is 6.10. The summed E-state index contributed by atoms with van der Waals surface area (Å²) in [6.45, 7) is 6.52. The average molecular weight is 337 g/mol. The molecule has 1 amide bonds. The Morgan fingerprint density at radius 2 is 2.00 bits per heavy atom. The van der Waals surface area contributed by atoms with Gasteiger partial charge in [0.25, 0.3) is 5.91 Å². The molecule has 1 unspecified atom stereocenters. The minimum atomic E-state index is -0.900. The number of carbonyl (C=O) groups excluding carboxylic acids is 1. The quantitative estimate of drug-likeness (QED) is 0.685. The molecule has 0 aliphatic heterocycles. The minimum Gasteiger partial charge on any atom is -0.497 e. The maximum atomic E-state index is 12.4. The zero-order valence-electron chi connectivity index (χ0n) is 14.8. The molecule has 134 valence electrons. The van der Waals surface area contributed by atoms with E-state index in [1.54, 1.807) is 25.3 Å². The number of ether oxygens (including phenoxy) is 2. The molecule has 1 atom stereocenters. The predicted molar refractivity (Wildman–Crippen MR) is 91.7 cm³/mol. The Morgan fingerprint density at radius 3 is 2.54 bits per heavy atom. The van der Waals surface area contributed by atoms with Crippen molar-refractivity contribution in [2.45, 2.75) is 33.6 Å². The van der Waals surface area contributed by atoms with E-state index in [4.69, 9.17) is 14.6 Å². The Labute approximate surface area is 143 Å². The van der Waals surface area contributed by atoms with Crippen LogP contribution in [-0.2, 0) is 4.79 Å². The minimum absolute atomic E-state index is 0.0949. The predicted octanol–water partition coefficient (Wildman–Crippen LogP) is 2.96. The average Bonchev–Trinajstić information content (AvgIpc) is 2.55. The molecular weight excluding hydrogens is 310 g/mol. The second kappa shape index (κ2) is 9.80. The van der Waals surface area contributed by atoms with Gasteiger partial charge in [0.1, 0.15) is 11.5 Å². The normalized spacial score (nSPS) is 11.9. The highest BCUT2D eigenvalue weighted by atomic mass is 16.5. The van der Waals surface area contributed by atoms with Gasteiger partial charge in [-0.25, -0.2) is 0 Å². The highest BCUT2D eigenvalue weighted by Crippen LogP contribution is 2.25. The van der Waals surface area contributed by atoms with Crippen molar-refractivity contribution < 1.29 is 24.2 Å². The zero-order chi connectivity index (χ0) is 18.1. The summed E-state index contributed by atoms with van der Waals surface area (Å²) in [5.74, 6) is -0.491. The van der Waals surface area contributed by atoms with Crippen LogP contribution >= 0.6 is 0 Å². The van der Waals surface area contributed by atoms with Crippen LogP contribution in [0.4, 0.5) is 0 Å². The van der Waals surface area contributed by atoms with Gasteiger partial charge >= 0.3 is 5.97 Å². The number of methoxy groups -OCH3 is 1. The number of hydrogen-bond acceptors (Lipinski definition) is 4. The molecule has 0 aromatic heterocycles. The monoisotopic (exact) mass is 337 g/mol. The molecule has 6 nitrogen and oxygen atoms in total. The maximum absolute atomic E-state index is 12.4. The van der Waals surface area contributed by atoms with Crippen molar-refractivity contribution >= 4 is 11.9 Å². The molecule has 1 aromatic rings. The van der Waals surface area contributed by atoms with Gasteiger partial charge in [-0.15, -0.1) is 0 Å². The molecule has 0 spiro atoms. The number of hydrogen-bond donors (Lipinski definition) is 2. The molecule has 6 heteroatoms. The number of carboxylic acids is 1. The molecule has 0 fully saturated rings. The summed E-state index contributed by atoms with van der Waals surface area (Å²) < 4.78 is 10.9. The first-order valence-electron chi connectivity index (χ1n) is 8.20. The van der Waals surface area contributed by atoms with Crippen LogP contribution in [0.25, 0.3) is 0 Å². The third kappa shape index (κ3) is 6.10. The third-order valence-electron chi connectivity index (χ3n) is 3.50. The lowest BCUT2D eigenvalue weighted by molar-refractivity contribution is -0.141. The molecule has 0 heterocycles. The first-order chi connectivity index (χ1) is 11.4. The molecule has 0 saturated carbocycles. The van der Waals surface area contributed by atoms with E-state index < -0.39 is 11.9 Å². The van der Waals surface area contributed by atoms with Crippen LogP contribution < -0.4 is 14.8 Å². The third-order valence-corrected chi connectivity index (χ3v) is 3.50.